The molecular weight excluding hydrogens is 452 g/mol. The normalized spacial score (nSPS) is 17.1. The maximum Gasteiger partial charge on any atom is 0.340 e. The molecule has 0 aromatic heterocycles. The number of ether oxygens (including phenoxy) is 1. The van der Waals surface area contributed by atoms with Gasteiger partial charge in [-0.05, 0) is 62.4 Å². The monoisotopic (exact) mass is 476 g/mol. The van der Waals surface area contributed by atoms with Gasteiger partial charge in [-0.3, -0.25) is 9.10 Å². The summed E-state index contributed by atoms with van der Waals surface area (Å²) in [5.41, 5.74) is 1.52. The second-order valence-corrected chi connectivity index (χ2v) is 10.3. The molecule has 4 rings (SSSR count). The Morgan fingerprint density at radius 2 is 1.75 bits per heavy atom. The SMILES string of the molecule is CC(OC(=O)c1cc(S(=O)(=O)N2CCCc3ccccc32)ccc1Cl)C(=O)N1CCCC1. The second-order valence-electron chi connectivity index (χ2n) is 8.03. The zero-order valence-corrected chi connectivity index (χ0v) is 19.4. The van der Waals surface area contributed by atoms with Gasteiger partial charge in [-0.2, -0.15) is 0 Å². The number of hydrogen-bond acceptors (Lipinski definition) is 5. The van der Waals surface area contributed by atoms with Crippen LogP contribution < -0.4 is 4.31 Å². The van der Waals surface area contributed by atoms with Crippen molar-refractivity contribution < 1.29 is 22.7 Å². The lowest BCUT2D eigenvalue weighted by Gasteiger charge is -2.30. The molecule has 170 valence electrons. The number of para-hydroxylation sites is 1. The highest BCUT2D eigenvalue weighted by Gasteiger charge is 2.31. The van der Waals surface area contributed by atoms with Crippen molar-refractivity contribution in [1.29, 1.82) is 0 Å². The number of sulfonamides is 1. The molecule has 2 aromatic carbocycles. The van der Waals surface area contributed by atoms with Gasteiger partial charge >= 0.3 is 5.97 Å². The molecule has 0 bridgehead atoms. The first-order valence-electron chi connectivity index (χ1n) is 10.7. The summed E-state index contributed by atoms with van der Waals surface area (Å²) in [5, 5.41) is 0.0637. The molecule has 0 aliphatic carbocycles. The average Bonchev–Trinajstić information content (AvgIpc) is 3.33. The van der Waals surface area contributed by atoms with Crippen LogP contribution in [0.3, 0.4) is 0 Å². The molecule has 2 aliphatic rings. The third kappa shape index (κ3) is 4.34. The third-order valence-corrected chi connectivity index (χ3v) is 8.00. The van der Waals surface area contributed by atoms with Gasteiger partial charge in [0.25, 0.3) is 15.9 Å². The van der Waals surface area contributed by atoms with Gasteiger partial charge in [0.1, 0.15) is 0 Å². The van der Waals surface area contributed by atoms with Crippen molar-refractivity contribution in [2.45, 2.75) is 43.6 Å². The molecule has 1 unspecified atom stereocenters. The lowest BCUT2D eigenvalue weighted by molar-refractivity contribution is -0.138. The summed E-state index contributed by atoms with van der Waals surface area (Å²) in [7, 11) is -3.91. The number of carbonyl (C=O) groups excluding carboxylic acids is 2. The Balaban J connectivity index is 1.58. The highest BCUT2D eigenvalue weighted by molar-refractivity contribution is 7.92. The number of benzene rings is 2. The molecule has 1 saturated heterocycles. The largest absolute Gasteiger partial charge is 0.449 e. The van der Waals surface area contributed by atoms with E-state index in [9.17, 15) is 18.0 Å². The third-order valence-electron chi connectivity index (χ3n) is 5.86. The molecule has 0 spiro atoms. The zero-order chi connectivity index (χ0) is 22.9. The van der Waals surface area contributed by atoms with Crippen LogP contribution in [0.2, 0.25) is 5.02 Å². The van der Waals surface area contributed by atoms with E-state index in [1.165, 1.54) is 29.4 Å². The fraction of sp³-hybridized carbons (Fsp3) is 0.391. The number of rotatable bonds is 5. The predicted molar refractivity (Wildman–Crippen MR) is 121 cm³/mol. The maximum absolute atomic E-state index is 13.4. The number of carbonyl (C=O) groups is 2. The van der Waals surface area contributed by atoms with E-state index in [1.807, 2.05) is 12.1 Å². The summed E-state index contributed by atoms with van der Waals surface area (Å²) in [4.78, 5) is 26.8. The van der Waals surface area contributed by atoms with E-state index in [-0.39, 0.29) is 21.4 Å². The van der Waals surface area contributed by atoms with Crippen molar-refractivity contribution in [3.8, 4) is 0 Å². The Labute approximate surface area is 193 Å². The van der Waals surface area contributed by atoms with Crippen molar-refractivity contribution in [2.75, 3.05) is 23.9 Å². The van der Waals surface area contributed by atoms with Crippen LogP contribution in [0.4, 0.5) is 5.69 Å². The van der Waals surface area contributed by atoms with Crippen LogP contribution in [-0.2, 0) is 26.0 Å². The zero-order valence-electron chi connectivity index (χ0n) is 17.8. The van der Waals surface area contributed by atoms with E-state index >= 15 is 0 Å². The summed E-state index contributed by atoms with van der Waals surface area (Å²) in [6.07, 6.45) is 2.39. The second kappa shape index (κ2) is 9.11. The predicted octanol–water partition coefficient (Wildman–Crippen LogP) is 3.65. The minimum atomic E-state index is -3.91. The smallest absolute Gasteiger partial charge is 0.340 e. The summed E-state index contributed by atoms with van der Waals surface area (Å²) in [5.74, 6) is -1.09. The van der Waals surface area contributed by atoms with E-state index in [4.69, 9.17) is 16.3 Å². The number of hydrogen-bond donors (Lipinski definition) is 0. The number of likely N-dealkylation sites (tertiary alicyclic amines) is 1. The molecule has 1 amide bonds. The van der Waals surface area contributed by atoms with Gasteiger partial charge in [0.15, 0.2) is 6.10 Å². The summed E-state index contributed by atoms with van der Waals surface area (Å²) >= 11 is 6.19. The first-order chi connectivity index (χ1) is 15.3. The van der Waals surface area contributed by atoms with Gasteiger partial charge in [0, 0.05) is 19.6 Å². The van der Waals surface area contributed by atoms with E-state index < -0.39 is 22.1 Å². The molecule has 1 fully saturated rings. The molecule has 1 atom stereocenters. The topological polar surface area (TPSA) is 84.0 Å². The van der Waals surface area contributed by atoms with Crippen LogP contribution in [-0.4, -0.2) is 50.9 Å². The first kappa shape index (κ1) is 22.6. The quantitative estimate of drug-likeness (QED) is 0.615. The van der Waals surface area contributed by atoms with Crippen molar-refractivity contribution >= 4 is 39.2 Å². The fourth-order valence-electron chi connectivity index (χ4n) is 4.17. The molecule has 0 N–H and O–H groups in total. The van der Waals surface area contributed by atoms with E-state index in [0.29, 0.717) is 31.7 Å². The van der Waals surface area contributed by atoms with Crippen LogP contribution in [0.25, 0.3) is 0 Å². The lowest BCUT2D eigenvalue weighted by Crippen LogP contribution is -2.38. The number of esters is 1. The van der Waals surface area contributed by atoms with Gasteiger partial charge in [-0.25, -0.2) is 13.2 Å². The van der Waals surface area contributed by atoms with E-state index in [2.05, 4.69) is 0 Å². The van der Waals surface area contributed by atoms with Gasteiger partial charge in [0.2, 0.25) is 0 Å². The Hall–Kier alpha value is -2.58. The summed E-state index contributed by atoms with van der Waals surface area (Å²) in [6.45, 7) is 3.15. The number of amides is 1. The molecule has 32 heavy (non-hydrogen) atoms. The molecule has 2 aromatic rings. The highest BCUT2D eigenvalue weighted by atomic mass is 35.5. The molecule has 7 nitrogen and oxygen atoms in total. The fourth-order valence-corrected chi connectivity index (χ4v) is 5.93. The molecule has 9 heteroatoms. The highest BCUT2D eigenvalue weighted by Crippen LogP contribution is 2.33. The standard InChI is InChI=1S/C23H25ClN2O5S/c1-16(22(27)25-12-4-5-13-25)31-23(28)19-15-18(10-11-20(19)24)32(29,30)26-14-6-8-17-7-2-3-9-21(17)26/h2-3,7,9-11,15-16H,4-6,8,12-14H2,1H3. The minimum Gasteiger partial charge on any atom is -0.449 e. The summed E-state index contributed by atoms with van der Waals surface area (Å²) < 4.78 is 33.5. The number of fused-ring (bicyclic) bond motifs is 1. The molecule has 0 radical (unpaired) electrons. The van der Waals surface area contributed by atoms with Crippen molar-refractivity contribution in [1.82, 2.24) is 4.90 Å². The van der Waals surface area contributed by atoms with Crippen molar-refractivity contribution in [2.24, 2.45) is 0 Å². The first-order valence-corrected chi connectivity index (χ1v) is 12.5. The van der Waals surface area contributed by atoms with Crippen molar-refractivity contribution in [3.63, 3.8) is 0 Å². The summed E-state index contributed by atoms with van der Waals surface area (Å²) in [6, 6.07) is 11.4. The van der Waals surface area contributed by atoms with Crippen LogP contribution in [0.5, 0.6) is 0 Å². The number of aryl methyl sites for hydroxylation is 1. The van der Waals surface area contributed by atoms with Gasteiger partial charge in [0.05, 0.1) is 21.2 Å². The lowest BCUT2D eigenvalue weighted by atomic mass is 10.0. The Morgan fingerprint density at radius 1 is 1.03 bits per heavy atom. The number of halogens is 1. The Morgan fingerprint density at radius 3 is 2.50 bits per heavy atom. The van der Waals surface area contributed by atoms with Crippen LogP contribution in [0, 0.1) is 0 Å². The van der Waals surface area contributed by atoms with E-state index in [0.717, 1.165) is 24.8 Å². The average molecular weight is 477 g/mol. The maximum atomic E-state index is 13.4. The van der Waals surface area contributed by atoms with Gasteiger partial charge in [-0.1, -0.05) is 29.8 Å². The van der Waals surface area contributed by atoms with Crippen LogP contribution in [0.1, 0.15) is 42.1 Å². The van der Waals surface area contributed by atoms with Crippen LogP contribution >= 0.6 is 11.6 Å². The number of nitrogens with zero attached hydrogens (tertiary/aromatic N) is 2. The van der Waals surface area contributed by atoms with Crippen molar-refractivity contribution in [3.05, 3.63) is 58.6 Å². The Bertz CT molecular complexity index is 1140. The van der Waals surface area contributed by atoms with Gasteiger partial charge < -0.3 is 9.64 Å². The number of anilines is 1. The molecule has 2 heterocycles. The van der Waals surface area contributed by atoms with Gasteiger partial charge in [-0.15, -0.1) is 0 Å². The minimum absolute atomic E-state index is 0.0518. The Kier molecular flexibility index (Phi) is 6.44. The van der Waals surface area contributed by atoms with Crippen LogP contribution in [0.15, 0.2) is 47.4 Å². The molecule has 2 aliphatic heterocycles. The van der Waals surface area contributed by atoms with E-state index in [1.54, 1.807) is 17.0 Å². The molecule has 0 saturated carbocycles. The molecular formula is C23H25ClN2O5S.